The van der Waals surface area contributed by atoms with Crippen molar-refractivity contribution >= 4 is 0 Å². The molecule has 0 aliphatic rings. The van der Waals surface area contributed by atoms with Crippen LogP contribution >= 0.6 is 0 Å². The molecule has 0 rings (SSSR count). The van der Waals surface area contributed by atoms with E-state index in [-0.39, 0.29) is 19.9 Å². The fourth-order valence-electron chi connectivity index (χ4n) is 2.89. The quantitative estimate of drug-likeness (QED) is 0.260. The lowest BCUT2D eigenvalue weighted by Crippen LogP contribution is -2.56. The van der Waals surface area contributed by atoms with Crippen molar-refractivity contribution in [3.63, 3.8) is 0 Å². The molecule has 0 heterocycles. The maximum Gasteiger partial charge on any atom is 0.101 e. The van der Waals surface area contributed by atoms with E-state index in [4.69, 9.17) is 10.2 Å². The fraction of sp³-hybridized carbons (Fsp3) is 1.00. The number of hydrogen-bond donors (Lipinski definition) is 2. The highest BCUT2D eigenvalue weighted by Crippen LogP contribution is 2.12. The van der Waals surface area contributed by atoms with Gasteiger partial charge in [0.15, 0.2) is 0 Å². The molecule has 0 aromatic rings. The molecule has 0 aliphatic heterocycles. The summed E-state index contributed by atoms with van der Waals surface area (Å²) < 4.78 is 0.323. The van der Waals surface area contributed by atoms with Gasteiger partial charge in [0.2, 0.25) is 0 Å². The van der Waals surface area contributed by atoms with Crippen molar-refractivity contribution in [2.24, 2.45) is 0 Å². The number of hydrogen-bond acceptors (Lipinski definition) is 3. The zero-order valence-corrected chi connectivity index (χ0v) is 14.1. The van der Waals surface area contributed by atoms with Gasteiger partial charge in [-0.2, -0.15) is 0 Å². The second kappa shape index (κ2) is 14.8. The minimum Gasteiger partial charge on any atom is -0.809 e. The first-order chi connectivity index (χ1) is 10.2. The van der Waals surface area contributed by atoms with Crippen LogP contribution < -0.4 is 5.11 Å². The van der Waals surface area contributed by atoms with Gasteiger partial charge in [0, 0.05) is 6.73 Å². The number of nitrogens with zero attached hydrogens (tertiary/aromatic N) is 1. The van der Waals surface area contributed by atoms with Crippen LogP contribution in [0.3, 0.4) is 0 Å². The smallest absolute Gasteiger partial charge is 0.101 e. The Morgan fingerprint density at radius 1 is 0.667 bits per heavy atom. The molecule has 0 amide bonds. The van der Waals surface area contributed by atoms with Gasteiger partial charge in [0.1, 0.15) is 13.1 Å². The van der Waals surface area contributed by atoms with Crippen molar-refractivity contribution in [2.75, 3.05) is 39.6 Å². The van der Waals surface area contributed by atoms with E-state index in [0.29, 0.717) is 17.6 Å². The number of quaternary nitrogens is 1. The summed E-state index contributed by atoms with van der Waals surface area (Å²) in [6.45, 7) is 3.80. The zero-order valence-electron chi connectivity index (χ0n) is 14.1. The molecule has 2 N–H and O–H groups in total. The third-order valence-corrected chi connectivity index (χ3v) is 4.41. The normalized spacial score (nSPS) is 12.0. The summed E-state index contributed by atoms with van der Waals surface area (Å²) in [4.78, 5) is 0. The van der Waals surface area contributed by atoms with Crippen LogP contribution in [0.25, 0.3) is 0 Å². The molecule has 21 heavy (non-hydrogen) atoms. The summed E-state index contributed by atoms with van der Waals surface area (Å²) in [5.74, 6) is 0. The SMILES string of the molecule is CCCCCCCCCCCC[N+](C[O-])(CCO)CCO. The van der Waals surface area contributed by atoms with Gasteiger partial charge in [0.25, 0.3) is 0 Å². The molecule has 4 nitrogen and oxygen atoms in total. The summed E-state index contributed by atoms with van der Waals surface area (Å²) in [5, 5.41) is 29.5. The average molecular weight is 303 g/mol. The Bertz CT molecular complexity index is 206. The Balaban J connectivity index is 3.57. The third kappa shape index (κ3) is 11.1. The van der Waals surface area contributed by atoms with E-state index in [1.165, 1.54) is 51.4 Å². The molecule has 0 aromatic heterocycles. The van der Waals surface area contributed by atoms with Crippen molar-refractivity contribution in [1.82, 2.24) is 0 Å². The van der Waals surface area contributed by atoms with Gasteiger partial charge < -0.3 is 19.8 Å². The zero-order chi connectivity index (χ0) is 15.8. The van der Waals surface area contributed by atoms with Crippen LogP contribution in [0.15, 0.2) is 0 Å². The van der Waals surface area contributed by atoms with Gasteiger partial charge in [0.05, 0.1) is 19.8 Å². The Kier molecular flexibility index (Phi) is 14.7. The van der Waals surface area contributed by atoms with E-state index < -0.39 is 0 Å². The average Bonchev–Trinajstić information content (AvgIpc) is 2.49. The van der Waals surface area contributed by atoms with Gasteiger partial charge in [-0.1, -0.05) is 58.3 Å². The van der Waals surface area contributed by atoms with E-state index in [9.17, 15) is 5.11 Å². The van der Waals surface area contributed by atoms with E-state index in [1.54, 1.807) is 0 Å². The van der Waals surface area contributed by atoms with Crippen LogP contribution in [0.5, 0.6) is 0 Å². The van der Waals surface area contributed by atoms with Crippen molar-refractivity contribution < 1.29 is 19.8 Å². The summed E-state index contributed by atoms with van der Waals surface area (Å²) in [6, 6.07) is 0. The highest BCUT2D eigenvalue weighted by molar-refractivity contribution is 4.49. The molecule has 0 bridgehead atoms. The number of aliphatic hydroxyl groups is 2. The first kappa shape index (κ1) is 20.8. The topological polar surface area (TPSA) is 63.5 Å². The minimum atomic E-state index is -0.238. The number of rotatable bonds is 16. The van der Waals surface area contributed by atoms with Gasteiger partial charge >= 0.3 is 0 Å². The Hall–Kier alpha value is -0.160. The first-order valence-corrected chi connectivity index (χ1v) is 8.89. The Labute approximate surface area is 131 Å². The molecule has 0 aliphatic carbocycles. The second-order valence-electron chi connectivity index (χ2n) is 6.27. The highest BCUT2D eigenvalue weighted by Gasteiger charge is 2.21. The van der Waals surface area contributed by atoms with Crippen LogP contribution in [0.4, 0.5) is 0 Å². The van der Waals surface area contributed by atoms with Crippen molar-refractivity contribution in [1.29, 1.82) is 0 Å². The molecule has 0 saturated heterocycles. The maximum absolute atomic E-state index is 11.4. The summed E-state index contributed by atoms with van der Waals surface area (Å²) >= 11 is 0. The molecule has 0 saturated carbocycles. The molecule has 0 unspecified atom stereocenters. The lowest BCUT2D eigenvalue weighted by molar-refractivity contribution is -0.983. The van der Waals surface area contributed by atoms with E-state index in [2.05, 4.69) is 6.92 Å². The van der Waals surface area contributed by atoms with Gasteiger partial charge in [-0.05, 0) is 12.8 Å². The van der Waals surface area contributed by atoms with Crippen LogP contribution in [-0.2, 0) is 0 Å². The van der Waals surface area contributed by atoms with E-state index in [0.717, 1.165) is 19.4 Å². The minimum absolute atomic E-state index is 0.0278. The largest absolute Gasteiger partial charge is 0.809 e. The van der Waals surface area contributed by atoms with Crippen molar-refractivity contribution in [3.8, 4) is 0 Å². The molecule has 0 spiro atoms. The third-order valence-electron chi connectivity index (χ3n) is 4.41. The van der Waals surface area contributed by atoms with Gasteiger partial charge in [-0.3, -0.25) is 0 Å². The van der Waals surface area contributed by atoms with E-state index >= 15 is 0 Å². The van der Waals surface area contributed by atoms with Gasteiger partial charge in [-0.15, -0.1) is 0 Å². The van der Waals surface area contributed by atoms with E-state index in [1.807, 2.05) is 0 Å². The highest BCUT2D eigenvalue weighted by atomic mass is 16.3. The van der Waals surface area contributed by atoms with Gasteiger partial charge in [-0.25, -0.2) is 0 Å². The monoisotopic (exact) mass is 303 g/mol. The summed E-state index contributed by atoms with van der Waals surface area (Å²) in [7, 11) is 0. The summed E-state index contributed by atoms with van der Waals surface area (Å²) in [5.41, 5.74) is 0. The molecule has 128 valence electrons. The molecule has 4 heteroatoms. The standard InChI is InChI=1S/C17H37NO3/c1-2-3-4-5-6-7-8-9-10-11-12-18(17-21,13-15-19)14-16-20/h19-20H,2-17H2,1H3. The molecular weight excluding hydrogens is 266 g/mol. The molecule has 0 radical (unpaired) electrons. The Morgan fingerprint density at radius 2 is 1.10 bits per heavy atom. The molecule has 0 aromatic carbocycles. The second-order valence-corrected chi connectivity index (χ2v) is 6.27. The maximum atomic E-state index is 11.4. The number of unbranched alkanes of at least 4 members (excludes halogenated alkanes) is 9. The summed E-state index contributed by atoms with van der Waals surface area (Å²) in [6.07, 6.45) is 12.8. The predicted octanol–water partition coefficient (Wildman–Crippen LogP) is 2.03. The lowest BCUT2D eigenvalue weighted by atomic mass is 10.1. The van der Waals surface area contributed by atoms with Crippen LogP contribution in [-0.4, -0.2) is 54.3 Å². The predicted molar refractivity (Wildman–Crippen MR) is 85.7 cm³/mol. The fourth-order valence-corrected chi connectivity index (χ4v) is 2.89. The first-order valence-electron chi connectivity index (χ1n) is 8.89. The van der Waals surface area contributed by atoms with Crippen LogP contribution in [0.2, 0.25) is 0 Å². The van der Waals surface area contributed by atoms with Crippen molar-refractivity contribution in [2.45, 2.75) is 71.1 Å². The lowest BCUT2D eigenvalue weighted by Gasteiger charge is -2.40. The van der Waals surface area contributed by atoms with Crippen LogP contribution in [0.1, 0.15) is 71.1 Å². The number of aliphatic hydroxyl groups excluding tert-OH is 2. The van der Waals surface area contributed by atoms with Crippen LogP contribution in [0, 0.1) is 0 Å². The Morgan fingerprint density at radius 3 is 1.48 bits per heavy atom. The van der Waals surface area contributed by atoms with Crippen molar-refractivity contribution in [3.05, 3.63) is 0 Å². The molecular formula is C17H37NO3. The molecule has 0 atom stereocenters. The molecule has 0 fully saturated rings.